The number of hydrogen-bond donors (Lipinski definition) is 1. The first-order valence-electron chi connectivity index (χ1n) is 13.6. The summed E-state index contributed by atoms with van der Waals surface area (Å²) in [6.07, 6.45) is 2.93. The summed E-state index contributed by atoms with van der Waals surface area (Å²) in [6, 6.07) is 26.1. The number of aromatic hydroxyl groups is 1. The molecule has 0 fully saturated rings. The van der Waals surface area contributed by atoms with Gasteiger partial charge in [-0.15, -0.1) is 0 Å². The van der Waals surface area contributed by atoms with E-state index in [1.807, 2.05) is 72.9 Å². The fourth-order valence-corrected chi connectivity index (χ4v) is 5.47. The predicted molar refractivity (Wildman–Crippen MR) is 163 cm³/mol. The monoisotopic (exact) mass is 551 g/mol. The van der Waals surface area contributed by atoms with Crippen LogP contribution in [-0.2, 0) is 12.8 Å². The lowest BCUT2D eigenvalue weighted by molar-refractivity contribution is 0.414. The van der Waals surface area contributed by atoms with E-state index in [2.05, 4.69) is 46.0 Å². The first kappa shape index (κ1) is 27.5. The van der Waals surface area contributed by atoms with Gasteiger partial charge in [-0.2, -0.15) is 0 Å². The van der Waals surface area contributed by atoms with Crippen LogP contribution in [0.2, 0.25) is 18.1 Å². The van der Waals surface area contributed by atoms with Crippen molar-refractivity contribution in [2.45, 2.75) is 51.7 Å². The summed E-state index contributed by atoms with van der Waals surface area (Å²) in [5.74, 6) is 1.72. The van der Waals surface area contributed by atoms with Crippen LogP contribution in [0.3, 0.4) is 0 Å². The standard InChI is InChI=1S/C33H37N3O3Si/c1-33(2,3)40(5,6)39-27-17-11-15-25(21-27)30-22-36-31(28(34-30)19-23-12-8-7-9-13-23)35-29(32(36)37)20-24-14-10-16-26(18-24)38-4/h7-18,21-22,37H,19-20H2,1-6H3. The molecule has 7 heteroatoms. The number of methoxy groups -OCH3 is 1. The molecule has 0 atom stereocenters. The van der Waals surface area contributed by atoms with Gasteiger partial charge in [-0.05, 0) is 53.5 Å². The maximum Gasteiger partial charge on any atom is 0.250 e. The summed E-state index contributed by atoms with van der Waals surface area (Å²) in [4.78, 5) is 9.96. The van der Waals surface area contributed by atoms with Crippen molar-refractivity contribution in [2.75, 3.05) is 7.11 Å². The van der Waals surface area contributed by atoms with Gasteiger partial charge in [-0.3, -0.25) is 4.40 Å². The minimum atomic E-state index is -2.01. The van der Waals surface area contributed by atoms with Crippen LogP contribution in [0.4, 0.5) is 0 Å². The molecule has 5 rings (SSSR count). The van der Waals surface area contributed by atoms with Crippen LogP contribution in [0, 0.1) is 0 Å². The third kappa shape index (κ3) is 5.75. The first-order chi connectivity index (χ1) is 19.0. The Labute approximate surface area is 237 Å². The molecule has 1 N–H and O–H groups in total. The average Bonchev–Trinajstić information content (AvgIpc) is 3.24. The SMILES string of the molecule is COc1cccc(Cc2nc3c(Cc4ccccc4)nc(-c4cccc(O[Si](C)(C)C(C)(C)C)c4)cn3c2O)c1. The molecular formula is C33H37N3O3Si. The maximum atomic E-state index is 11.4. The van der Waals surface area contributed by atoms with Gasteiger partial charge in [0.15, 0.2) is 5.65 Å². The molecule has 0 saturated carbocycles. The zero-order chi connectivity index (χ0) is 28.5. The molecule has 0 aliphatic rings. The predicted octanol–water partition coefficient (Wildman–Crippen LogP) is 7.68. The van der Waals surface area contributed by atoms with Crippen molar-refractivity contribution in [2.24, 2.45) is 0 Å². The van der Waals surface area contributed by atoms with E-state index in [0.29, 0.717) is 24.2 Å². The van der Waals surface area contributed by atoms with Gasteiger partial charge in [0.1, 0.15) is 17.2 Å². The van der Waals surface area contributed by atoms with E-state index in [0.717, 1.165) is 39.6 Å². The molecule has 2 heterocycles. The highest BCUT2D eigenvalue weighted by Gasteiger charge is 2.39. The largest absolute Gasteiger partial charge is 0.543 e. The fourth-order valence-electron chi connectivity index (χ4n) is 4.45. The lowest BCUT2D eigenvalue weighted by atomic mass is 10.1. The average molecular weight is 552 g/mol. The first-order valence-corrected chi connectivity index (χ1v) is 16.5. The van der Waals surface area contributed by atoms with Gasteiger partial charge in [-0.1, -0.05) is 75.4 Å². The number of aromatic nitrogens is 3. The molecule has 0 aliphatic carbocycles. The zero-order valence-electron chi connectivity index (χ0n) is 24.1. The van der Waals surface area contributed by atoms with Crippen LogP contribution in [0.25, 0.3) is 16.9 Å². The second kappa shape index (κ2) is 10.8. The van der Waals surface area contributed by atoms with Gasteiger partial charge >= 0.3 is 0 Å². The van der Waals surface area contributed by atoms with Crippen LogP contribution in [0.15, 0.2) is 85.1 Å². The highest BCUT2D eigenvalue weighted by Crippen LogP contribution is 2.38. The summed E-state index contributed by atoms with van der Waals surface area (Å²) in [6.45, 7) is 11.2. The minimum absolute atomic E-state index is 0.0881. The molecule has 6 nitrogen and oxygen atoms in total. The van der Waals surface area contributed by atoms with Crippen molar-refractivity contribution in [3.8, 4) is 28.6 Å². The number of ether oxygens (including phenoxy) is 1. The van der Waals surface area contributed by atoms with Gasteiger partial charge in [0, 0.05) is 24.6 Å². The zero-order valence-corrected chi connectivity index (χ0v) is 25.1. The number of benzene rings is 3. The van der Waals surface area contributed by atoms with E-state index in [1.54, 1.807) is 11.5 Å². The molecule has 206 valence electrons. The highest BCUT2D eigenvalue weighted by molar-refractivity contribution is 6.74. The molecule has 40 heavy (non-hydrogen) atoms. The van der Waals surface area contributed by atoms with Crippen molar-refractivity contribution in [3.05, 3.63) is 108 Å². The molecule has 0 saturated heterocycles. The van der Waals surface area contributed by atoms with Crippen LogP contribution in [0.5, 0.6) is 17.4 Å². The van der Waals surface area contributed by atoms with Crippen molar-refractivity contribution in [3.63, 3.8) is 0 Å². The van der Waals surface area contributed by atoms with Gasteiger partial charge < -0.3 is 14.3 Å². The number of nitrogens with zero attached hydrogens (tertiary/aromatic N) is 3. The number of imidazole rings is 1. The Hall–Kier alpha value is -4.10. The Bertz CT molecular complexity index is 1640. The molecule has 0 radical (unpaired) electrons. The van der Waals surface area contributed by atoms with Crippen molar-refractivity contribution < 1.29 is 14.3 Å². The fraction of sp³-hybridized carbons (Fsp3) is 0.273. The molecule has 0 amide bonds. The quantitative estimate of drug-likeness (QED) is 0.200. The van der Waals surface area contributed by atoms with E-state index < -0.39 is 8.32 Å². The summed E-state index contributed by atoms with van der Waals surface area (Å²) in [5.41, 5.74) is 5.85. The summed E-state index contributed by atoms with van der Waals surface area (Å²) < 4.78 is 13.7. The number of hydrogen-bond acceptors (Lipinski definition) is 5. The van der Waals surface area contributed by atoms with Crippen molar-refractivity contribution >= 4 is 14.0 Å². The highest BCUT2D eigenvalue weighted by atomic mass is 28.4. The molecule has 2 aromatic heterocycles. The minimum Gasteiger partial charge on any atom is -0.543 e. The van der Waals surface area contributed by atoms with Crippen LogP contribution in [0.1, 0.15) is 43.3 Å². The molecular weight excluding hydrogens is 514 g/mol. The summed E-state index contributed by atoms with van der Waals surface area (Å²) >= 11 is 0. The van der Waals surface area contributed by atoms with Gasteiger partial charge in [-0.25, -0.2) is 9.97 Å². The Morgan fingerprint density at radius 3 is 2.20 bits per heavy atom. The van der Waals surface area contributed by atoms with Crippen LogP contribution >= 0.6 is 0 Å². The molecule has 0 bridgehead atoms. The third-order valence-corrected chi connectivity index (χ3v) is 12.1. The normalized spacial score (nSPS) is 12.1. The molecule has 0 spiro atoms. The smallest absolute Gasteiger partial charge is 0.250 e. The van der Waals surface area contributed by atoms with Crippen LogP contribution < -0.4 is 9.16 Å². The summed E-state index contributed by atoms with van der Waals surface area (Å²) in [5, 5.41) is 11.4. The number of fused-ring (bicyclic) bond motifs is 1. The van der Waals surface area contributed by atoms with E-state index in [-0.39, 0.29) is 10.9 Å². The molecule has 5 aromatic rings. The van der Waals surface area contributed by atoms with Crippen LogP contribution in [-0.4, -0.2) is 34.9 Å². The van der Waals surface area contributed by atoms with E-state index in [1.165, 1.54) is 0 Å². The topological polar surface area (TPSA) is 68.9 Å². The maximum absolute atomic E-state index is 11.4. The molecule has 0 unspecified atom stereocenters. The van der Waals surface area contributed by atoms with E-state index in [9.17, 15) is 5.11 Å². The Morgan fingerprint density at radius 2 is 1.48 bits per heavy atom. The second-order valence-electron chi connectivity index (χ2n) is 11.7. The Balaban J connectivity index is 1.59. The van der Waals surface area contributed by atoms with E-state index >= 15 is 0 Å². The van der Waals surface area contributed by atoms with Gasteiger partial charge in [0.25, 0.3) is 0 Å². The summed E-state index contributed by atoms with van der Waals surface area (Å²) in [7, 11) is -0.360. The van der Waals surface area contributed by atoms with E-state index in [4.69, 9.17) is 19.1 Å². The Kier molecular flexibility index (Phi) is 7.42. The van der Waals surface area contributed by atoms with Crippen molar-refractivity contribution in [1.29, 1.82) is 0 Å². The lowest BCUT2D eigenvalue weighted by Crippen LogP contribution is -2.43. The van der Waals surface area contributed by atoms with Gasteiger partial charge in [0.05, 0.1) is 18.5 Å². The molecule has 3 aromatic carbocycles. The number of rotatable bonds is 8. The second-order valence-corrected chi connectivity index (χ2v) is 16.5. The lowest BCUT2D eigenvalue weighted by Gasteiger charge is -2.36. The third-order valence-electron chi connectivity index (χ3n) is 7.75. The molecule has 0 aliphatic heterocycles. The van der Waals surface area contributed by atoms with Gasteiger partial charge in [0.2, 0.25) is 14.2 Å². The Morgan fingerprint density at radius 1 is 0.800 bits per heavy atom. The van der Waals surface area contributed by atoms with Crippen molar-refractivity contribution in [1.82, 2.24) is 14.4 Å².